The molecule has 1 heterocycles. The molecular formula is C13H10INO3. The Morgan fingerprint density at radius 3 is 2.72 bits per heavy atom. The van der Waals surface area contributed by atoms with Gasteiger partial charge in [-0.1, -0.05) is 0 Å². The van der Waals surface area contributed by atoms with Gasteiger partial charge in [-0.15, -0.1) is 0 Å². The van der Waals surface area contributed by atoms with E-state index in [1.165, 1.54) is 0 Å². The highest BCUT2D eigenvalue weighted by molar-refractivity contribution is 14.1. The number of fused-ring (bicyclic) bond motifs is 1. The standard InChI is InChI=1S/C13H10INO3/c14-10-5-8(15)1-3-11(10)18-9-2-4-12-13(6-9)17-7-16-12/h1-6H,7,15H2. The number of hydrogen-bond donors (Lipinski definition) is 1. The van der Waals surface area contributed by atoms with Crippen molar-refractivity contribution in [3.63, 3.8) is 0 Å². The zero-order valence-electron chi connectivity index (χ0n) is 9.35. The van der Waals surface area contributed by atoms with Crippen LogP contribution in [0.1, 0.15) is 0 Å². The van der Waals surface area contributed by atoms with Gasteiger partial charge in [-0.3, -0.25) is 0 Å². The number of halogens is 1. The summed E-state index contributed by atoms with van der Waals surface area (Å²) in [5.74, 6) is 2.93. The van der Waals surface area contributed by atoms with Gasteiger partial charge in [-0.05, 0) is 52.9 Å². The summed E-state index contributed by atoms with van der Waals surface area (Å²) in [6.07, 6.45) is 0. The van der Waals surface area contributed by atoms with Gasteiger partial charge in [0.25, 0.3) is 0 Å². The fourth-order valence-electron chi connectivity index (χ4n) is 1.67. The van der Waals surface area contributed by atoms with E-state index < -0.39 is 0 Å². The Hall–Kier alpha value is -1.63. The minimum Gasteiger partial charge on any atom is -0.456 e. The van der Waals surface area contributed by atoms with Gasteiger partial charge in [0.05, 0.1) is 3.57 Å². The van der Waals surface area contributed by atoms with Gasteiger partial charge >= 0.3 is 0 Å². The van der Waals surface area contributed by atoms with Crippen LogP contribution in [0.5, 0.6) is 23.0 Å². The normalized spacial score (nSPS) is 12.5. The van der Waals surface area contributed by atoms with Crippen LogP contribution in [0.4, 0.5) is 5.69 Å². The summed E-state index contributed by atoms with van der Waals surface area (Å²) in [5.41, 5.74) is 6.42. The fourth-order valence-corrected chi connectivity index (χ4v) is 2.32. The van der Waals surface area contributed by atoms with Gasteiger partial charge < -0.3 is 19.9 Å². The molecule has 0 aromatic heterocycles. The molecule has 4 nitrogen and oxygen atoms in total. The molecule has 0 radical (unpaired) electrons. The van der Waals surface area contributed by atoms with Crippen molar-refractivity contribution in [3.05, 3.63) is 40.0 Å². The molecule has 2 N–H and O–H groups in total. The molecule has 92 valence electrons. The molecule has 0 amide bonds. The zero-order valence-corrected chi connectivity index (χ0v) is 11.5. The molecule has 0 fully saturated rings. The Labute approximate surface area is 118 Å². The van der Waals surface area contributed by atoms with Crippen LogP contribution in [0.25, 0.3) is 0 Å². The number of benzene rings is 2. The average Bonchev–Trinajstić information content (AvgIpc) is 2.80. The maximum absolute atomic E-state index is 5.79. The lowest BCUT2D eigenvalue weighted by Gasteiger charge is -2.08. The van der Waals surface area contributed by atoms with Crippen molar-refractivity contribution in [2.24, 2.45) is 0 Å². The van der Waals surface area contributed by atoms with E-state index in [0.29, 0.717) is 11.5 Å². The van der Waals surface area contributed by atoms with E-state index in [2.05, 4.69) is 22.6 Å². The first-order valence-corrected chi connectivity index (χ1v) is 6.43. The molecule has 0 bridgehead atoms. The molecule has 2 aromatic carbocycles. The molecule has 1 aliphatic heterocycles. The van der Waals surface area contributed by atoms with E-state index in [0.717, 1.165) is 20.8 Å². The molecule has 0 aliphatic carbocycles. The van der Waals surface area contributed by atoms with Gasteiger partial charge in [0.15, 0.2) is 11.5 Å². The third-order valence-electron chi connectivity index (χ3n) is 2.53. The van der Waals surface area contributed by atoms with Crippen LogP contribution in [0.2, 0.25) is 0 Å². The smallest absolute Gasteiger partial charge is 0.231 e. The molecule has 18 heavy (non-hydrogen) atoms. The Bertz CT molecular complexity index is 601. The second-order valence-electron chi connectivity index (χ2n) is 3.81. The SMILES string of the molecule is Nc1ccc(Oc2ccc3c(c2)OCO3)c(I)c1. The monoisotopic (exact) mass is 355 g/mol. The lowest BCUT2D eigenvalue weighted by atomic mass is 10.3. The second kappa shape index (κ2) is 4.56. The summed E-state index contributed by atoms with van der Waals surface area (Å²) in [6.45, 7) is 0.262. The number of anilines is 1. The van der Waals surface area contributed by atoms with Crippen LogP contribution in [0.15, 0.2) is 36.4 Å². The highest BCUT2D eigenvalue weighted by Gasteiger charge is 2.14. The number of rotatable bonds is 2. The first-order chi connectivity index (χ1) is 8.72. The first-order valence-electron chi connectivity index (χ1n) is 5.35. The highest BCUT2D eigenvalue weighted by Crippen LogP contribution is 2.37. The Balaban J connectivity index is 1.88. The van der Waals surface area contributed by atoms with Gasteiger partial charge in [-0.2, -0.15) is 0 Å². The average molecular weight is 355 g/mol. The predicted molar refractivity (Wildman–Crippen MR) is 76.2 cm³/mol. The van der Waals surface area contributed by atoms with E-state index in [9.17, 15) is 0 Å². The van der Waals surface area contributed by atoms with Crippen LogP contribution in [0, 0.1) is 3.57 Å². The van der Waals surface area contributed by atoms with Crippen LogP contribution < -0.4 is 19.9 Å². The van der Waals surface area contributed by atoms with E-state index in [4.69, 9.17) is 19.9 Å². The van der Waals surface area contributed by atoms with Crippen molar-refractivity contribution in [2.45, 2.75) is 0 Å². The van der Waals surface area contributed by atoms with E-state index in [1.807, 2.05) is 36.4 Å². The van der Waals surface area contributed by atoms with E-state index in [-0.39, 0.29) is 6.79 Å². The molecular weight excluding hydrogens is 345 g/mol. The van der Waals surface area contributed by atoms with Crippen LogP contribution >= 0.6 is 22.6 Å². The summed E-state index contributed by atoms with van der Waals surface area (Å²) in [5, 5.41) is 0. The molecule has 0 saturated carbocycles. The van der Waals surface area contributed by atoms with Crippen molar-refractivity contribution < 1.29 is 14.2 Å². The summed E-state index contributed by atoms with van der Waals surface area (Å²) in [6, 6.07) is 11.0. The van der Waals surface area contributed by atoms with E-state index >= 15 is 0 Å². The van der Waals surface area contributed by atoms with Gasteiger partial charge in [0.2, 0.25) is 6.79 Å². The van der Waals surface area contributed by atoms with Gasteiger partial charge in [-0.25, -0.2) is 0 Å². The summed E-state index contributed by atoms with van der Waals surface area (Å²) in [7, 11) is 0. The first kappa shape index (κ1) is 11.5. The minimum atomic E-state index is 0.262. The highest BCUT2D eigenvalue weighted by atomic mass is 127. The Morgan fingerprint density at radius 2 is 1.89 bits per heavy atom. The molecule has 3 rings (SSSR count). The van der Waals surface area contributed by atoms with Crippen molar-refractivity contribution in [3.8, 4) is 23.0 Å². The number of hydrogen-bond acceptors (Lipinski definition) is 4. The van der Waals surface area contributed by atoms with Crippen molar-refractivity contribution in [1.29, 1.82) is 0 Å². The third-order valence-corrected chi connectivity index (χ3v) is 3.37. The third kappa shape index (κ3) is 2.17. The van der Waals surface area contributed by atoms with Crippen molar-refractivity contribution in [1.82, 2.24) is 0 Å². The zero-order chi connectivity index (χ0) is 12.5. The summed E-state index contributed by atoms with van der Waals surface area (Å²) in [4.78, 5) is 0. The van der Waals surface area contributed by atoms with Crippen LogP contribution in [-0.2, 0) is 0 Å². The number of nitrogen functional groups attached to an aromatic ring is 1. The van der Waals surface area contributed by atoms with Crippen molar-refractivity contribution in [2.75, 3.05) is 12.5 Å². The van der Waals surface area contributed by atoms with Gasteiger partial charge in [0, 0.05) is 11.8 Å². The molecule has 5 heteroatoms. The van der Waals surface area contributed by atoms with E-state index in [1.54, 1.807) is 0 Å². The topological polar surface area (TPSA) is 53.7 Å². The number of ether oxygens (including phenoxy) is 3. The Kier molecular flexibility index (Phi) is 2.91. The van der Waals surface area contributed by atoms with Crippen LogP contribution in [-0.4, -0.2) is 6.79 Å². The molecule has 1 aliphatic rings. The molecule has 0 spiro atoms. The maximum Gasteiger partial charge on any atom is 0.231 e. The van der Waals surface area contributed by atoms with Crippen LogP contribution in [0.3, 0.4) is 0 Å². The quantitative estimate of drug-likeness (QED) is 0.663. The molecule has 0 atom stereocenters. The second-order valence-corrected chi connectivity index (χ2v) is 4.97. The number of nitrogens with two attached hydrogens (primary N) is 1. The summed E-state index contributed by atoms with van der Waals surface area (Å²) >= 11 is 2.19. The molecule has 2 aromatic rings. The predicted octanol–water partition coefficient (Wildman–Crippen LogP) is 3.39. The fraction of sp³-hybridized carbons (Fsp3) is 0.0769. The lowest BCUT2D eigenvalue weighted by molar-refractivity contribution is 0.174. The molecule has 0 unspecified atom stereocenters. The van der Waals surface area contributed by atoms with Gasteiger partial charge in [0.1, 0.15) is 11.5 Å². The molecule has 0 saturated heterocycles. The minimum absolute atomic E-state index is 0.262. The Morgan fingerprint density at radius 1 is 1.06 bits per heavy atom. The summed E-state index contributed by atoms with van der Waals surface area (Å²) < 4.78 is 17.3. The lowest BCUT2D eigenvalue weighted by Crippen LogP contribution is -1.93. The largest absolute Gasteiger partial charge is 0.456 e. The maximum atomic E-state index is 5.79. The van der Waals surface area contributed by atoms with Crippen molar-refractivity contribution >= 4 is 28.3 Å².